The number of nitrogens with two attached hydrogens (primary N) is 1. The second-order valence-electron chi connectivity index (χ2n) is 2.21. The van der Waals surface area contributed by atoms with Crippen molar-refractivity contribution in [2.75, 3.05) is 0 Å². The smallest absolute Gasteiger partial charge is 0.330 e. The molecule has 0 saturated carbocycles. The second-order valence-corrected chi connectivity index (χ2v) is 3.07. The lowest BCUT2D eigenvalue weighted by molar-refractivity contribution is 0.0940. The van der Waals surface area contributed by atoms with Gasteiger partial charge in [0.25, 0.3) is 5.91 Å². The molecule has 6 nitrogen and oxygen atoms in total. The molecule has 70 valence electrons. The Balaban J connectivity index is 2.59. The highest BCUT2D eigenvalue weighted by molar-refractivity contribution is 7.11. The van der Waals surface area contributed by atoms with Gasteiger partial charge in [0.15, 0.2) is 0 Å². The number of rotatable bonds is 1. The van der Waals surface area contributed by atoms with E-state index in [0.29, 0.717) is 10.6 Å². The van der Waals surface area contributed by atoms with Gasteiger partial charge in [-0.2, -0.15) is 0 Å². The molecule has 13 heavy (non-hydrogen) atoms. The van der Waals surface area contributed by atoms with Gasteiger partial charge in [-0.3, -0.25) is 10.2 Å². The summed E-state index contributed by atoms with van der Waals surface area (Å²) in [5.41, 5.74) is 11.0. The number of primary amides is 1. The van der Waals surface area contributed by atoms with Crippen LogP contribution in [-0.4, -0.2) is 16.9 Å². The summed E-state index contributed by atoms with van der Waals surface area (Å²) in [5.74, 6) is -0.418. The fourth-order valence-electron chi connectivity index (χ4n) is 0.695. The molecule has 0 spiro atoms. The summed E-state index contributed by atoms with van der Waals surface area (Å²) in [5, 5.41) is 0. The van der Waals surface area contributed by atoms with Gasteiger partial charge in [0, 0.05) is 0 Å². The van der Waals surface area contributed by atoms with E-state index in [4.69, 9.17) is 5.73 Å². The number of amides is 3. The lowest BCUT2D eigenvalue weighted by Crippen LogP contribution is -2.44. The Morgan fingerprint density at radius 2 is 2.23 bits per heavy atom. The fraction of sp³-hybridized carbons (Fsp3) is 0.167. The van der Waals surface area contributed by atoms with E-state index in [2.05, 4.69) is 10.4 Å². The third-order valence-electron chi connectivity index (χ3n) is 1.25. The Hall–Kier alpha value is -1.63. The van der Waals surface area contributed by atoms with E-state index in [1.54, 1.807) is 12.4 Å². The minimum absolute atomic E-state index is 0.418. The normalized spacial score (nSPS) is 9.31. The van der Waals surface area contributed by atoms with Gasteiger partial charge in [0.2, 0.25) is 0 Å². The first-order chi connectivity index (χ1) is 6.11. The lowest BCUT2D eigenvalue weighted by atomic mass is 10.4. The average molecular weight is 200 g/mol. The number of aryl methyl sites for hydroxylation is 1. The molecule has 1 heterocycles. The van der Waals surface area contributed by atoms with E-state index < -0.39 is 11.9 Å². The van der Waals surface area contributed by atoms with Crippen LogP contribution in [0.5, 0.6) is 0 Å². The van der Waals surface area contributed by atoms with Gasteiger partial charge in [0.05, 0.1) is 11.2 Å². The summed E-state index contributed by atoms with van der Waals surface area (Å²) in [4.78, 5) is 25.8. The van der Waals surface area contributed by atoms with E-state index in [0.717, 1.165) is 0 Å². The van der Waals surface area contributed by atoms with Gasteiger partial charge >= 0.3 is 6.03 Å². The summed E-state index contributed by atoms with van der Waals surface area (Å²) in [6.07, 6.45) is 0. The van der Waals surface area contributed by atoms with Crippen LogP contribution in [0, 0.1) is 6.92 Å². The molecule has 0 saturated heterocycles. The number of hydrogen-bond acceptors (Lipinski definition) is 4. The first kappa shape index (κ1) is 9.46. The van der Waals surface area contributed by atoms with Crippen LogP contribution in [0.2, 0.25) is 0 Å². The van der Waals surface area contributed by atoms with E-state index in [9.17, 15) is 9.59 Å². The number of aromatic nitrogens is 1. The van der Waals surface area contributed by atoms with Crippen LogP contribution in [0.4, 0.5) is 4.79 Å². The topological polar surface area (TPSA) is 97.1 Å². The number of urea groups is 1. The molecule has 0 radical (unpaired) electrons. The van der Waals surface area contributed by atoms with Crippen LogP contribution in [0.3, 0.4) is 0 Å². The lowest BCUT2D eigenvalue weighted by Gasteiger charge is -2.02. The molecule has 4 N–H and O–H groups in total. The molecule has 1 aromatic rings. The minimum Gasteiger partial charge on any atom is -0.350 e. The zero-order valence-electron chi connectivity index (χ0n) is 6.83. The Labute approximate surface area is 78.1 Å². The maximum Gasteiger partial charge on any atom is 0.330 e. The van der Waals surface area contributed by atoms with Crippen LogP contribution in [0.25, 0.3) is 0 Å². The molecule has 0 unspecified atom stereocenters. The average Bonchev–Trinajstić information content (AvgIpc) is 2.47. The summed E-state index contributed by atoms with van der Waals surface area (Å²) < 4.78 is 0. The van der Waals surface area contributed by atoms with Gasteiger partial charge in [-0.1, -0.05) is 0 Å². The summed E-state index contributed by atoms with van der Waals surface area (Å²) in [6.45, 7) is 1.70. The molecule has 1 aromatic heterocycles. The highest BCUT2D eigenvalue weighted by atomic mass is 32.1. The van der Waals surface area contributed by atoms with Crippen molar-refractivity contribution in [1.29, 1.82) is 0 Å². The number of hydrogen-bond donors (Lipinski definition) is 3. The molecular formula is C6H8N4O2S. The largest absolute Gasteiger partial charge is 0.350 e. The van der Waals surface area contributed by atoms with Crippen molar-refractivity contribution in [3.63, 3.8) is 0 Å². The van der Waals surface area contributed by atoms with E-state index >= 15 is 0 Å². The van der Waals surface area contributed by atoms with Gasteiger partial charge in [0.1, 0.15) is 4.88 Å². The van der Waals surface area contributed by atoms with Crippen LogP contribution in [-0.2, 0) is 0 Å². The first-order valence-corrected chi connectivity index (χ1v) is 4.25. The molecule has 0 aliphatic heterocycles. The molecular weight excluding hydrogens is 192 g/mol. The Bertz CT molecular complexity index is 335. The van der Waals surface area contributed by atoms with Crippen LogP contribution < -0.4 is 16.6 Å². The molecule has 0 atom stereocenters. The number of carbonyl (C=O) groups excluding carboxylic acids is 2. The van der Waals surface area contributed by atoms with Crippen molar-refractivity contribution in [1.82, 2.24) is 15.8 Å². The maximum absolute atomic E-state index is 11.2. The van der Waals surface area contributed by atoms with E-state index in [-0.39, 0.29) is 0 Å². The quantitative estimate of drug-likeness (QED) is 0.546. The molecule has 0 aromatic carbocycles. The van der Waals surface area contributed by atoms with Crippen molar-refractivity contribution < 1.29 is 9.59 Å². The standard InChI is InChI=1S/C6H8N4O2S/c1-3-4(13-2-8-3)5(11)9-10-6(7)12/h2H,1H3,(H,9,11)(H3,7,10,12). The summed E-state index contributed by atoms with van der Waals surface area (Å²) in [7, 11) is 0. The molecule has 3 amide bonds. The van der Waals surface area contributed by atoms with Crippen molar-refractivity contribution in [3.8, 4) is 0 Å². The van der Waals surface area contributed by atoms with Gasteiger partial charge in [-0.05, 0) is 6.92 Å². The number of carbonyl (C=O) groups is 2. The SMILES string of the molecule is Cc1ncsc1C(=O)NNC(N)=O. The molecule has 0 bridgehead atoms. The van der Waals surface area contributed by atoms with Crippen LogP contribution in [0.15, 0.2) is 5.51 Å². The molecule has 0 aliphatic rings. The number of thiazole rings is 1. The third-order valence-corrected chi connectivity index (χ3v) is 2.18. The fourth-order valence-corrected chi connectivity index (χ4v) is 1.39. The number of nitrogens with zero attached hydrogens (tertiary/aromatic N) is 1. The molecule has 1 rings (SSSR count). The maximum atomic E-state index is 11.2. The summed E-state index contributed by atoms with van der Waals surface area (Å²) in [6, 6.07) is -0.810. The Morgan fingerprint density at radius 3 is 2.69 bits per heavy atom. The number of nitrogens with one attached hydrogen (secondary N) is 2. The minimum atomic E-state index is -0.810. The Morgan fingerprint density at radius 1 is 1.54 bits per heavy atom. The van der Waals surface area contributed by atoms with E-state index in [1.165, 1.54) is 11.3 Å². The summed E-state index contributed by atoms with van der Waals surface area (Å²) >= 11 is 1.19. The van der Waals surface area contributed by atoms with Crippen molar-refractivity contribution in [2.24, 2.45) is 5.73 Å². The monoisotopic (exact) mass is 200 g/mol. The predicted molar refractivity (Wildman–Crippen MR) is 47.0 cm³/mol. The van der Waals surface area contributed by atoms with Gasteiger partial charge < -0.3 is 5.73 Å². The third kappa shape index (κ3) is 2.41. The van der Waals surface area contributed by atoms with Crippen LogP contribution in [0.1, 0.15) is 15.4 Å². The zero-order chi connectivity index (χ0) is 9.84. The second kappa shape index (κ2) is 3.85. The Kier molecular flexibility index (Phi) is 2.80. The highest BCUT2D eigenvalue weighted by Crippen LogP contribution is 2.10. The van der Waals surface area contributed by atoms with Gasteiger partial charge in [-0.15, -0.1) is 11.3 Å². The zero-order valence-corrected chi connectivity index (χ0v) is 7.64. The highest BCUT2D eigenvalue weighted by Gasteiger charge is 2.10. The molecule has 0 aliphatic carbocycles. The van der Waals surface area contributed by atoms with Crippen LogP contribution >= 0.6 is 11.3 Å². The first-order valence-electron chi connectivity index (χ1n) is 3.37. The van der Waals surface area contributed by atoms with Crippen molar-refractivity contribution >= 4 is 23.3 Å². The van der Waals surface area contributed by atoms with Crippen molar-refractivity contribution in [3.05, 3.63) is 16.1 Å². The predicted octanol–water partition coefficient (Wildman–Crippen LogP) is -0.235. The van der Waals surface area contributed by atoms with Gasteiger partial charge in [-0.25, -0.2) is 15.2 Å². The number of hydrazine groups is 1. The molecule has 7 heteroatoms. The molecule has 0 fully saturated rings. The van der Waals surface area contributed by atoms with Crippen molar-refractivity contribution in [2.45, 2.75) is 6.92 Å². The van der Waals surface area contributed by atoms with E-state index in [1.807, 2.05) is 5.43 Å².